The molecule has 0 fully saturated rings. The molecule has 1 aliphatic heterocycles. The SMILES string of the molecule is CCCC(=O)C1=CC(c2nc(NCc3ccccn3)c3c(-c4ccccc4)cccc3n2)ON1. The van der Waals surface area contributed by atoms with Crippen LogP contribution < -0.4 is 10.8 Å². The fraction of sp³-hybridized carbons (Fsp3) is 0.185. The van der Waals surface area contributed by atoms with Gasteiger partial charge in [0, 0.05) is 12.6 Å². The Morgan fingerprint density at radius 3 is 2.68 bits per heavy atom. The van der Waals surface area contributed by atoms with Crippen molar-refractivity contribution < 1.29 is 9.63 Å². The van der Waals surface area contributed by atoms with Crippen molar-refractivity contribution in [3.8, 4) is 11.1 Å². The molecule has 170 valence electrons. The van der Waals surface area contributed by atoms with Crippen LogP contribution in [0, 0.1) is 0 Å². The molecule has 2 N–H and O–H groups in total. The summed E-state index contributed by atoms with van der Waals surface area (Å²) in [6.07, 6.45) is 4.20. The number of rotatable bonds is 8. The Hall–Kier alpha value is -4.10. The second-order valence-corrected chi connectivity index (χ2v) is 8.06. The van der Waals surface area contributed by atoms with Crippen molar-refractivity contribution in [2.75, 3.05) is 5.32 Å². The zero-order chi connectivity index (χ0) is 23.3. The lowest BCUT2D eigenvalue weighted by molar-refractivity contribution is -0.117. The van der Waals surface area contributed by atoms with Crippen LogP contribution in [0.4, 0.5) is 5.82 Å². The second-order valence-electron chi connectivity index (χ2n) is 8.06. The fourth-order valence-electron chi connectivity index (χ4n) is 3.98. The van der Waals surface area contributed by atoms with Crippen LogP contribution in [0.1, 0.15) is 37.4 Å². The lowest BCUT2D eigenvalue weighted by Gasteiger charge is -2.15. The number of benzene rings is 2. The number of fused-ring (bicyclic) bond motifs is 1. The third kappa shape index (κ3) is 4.51. The van der Waals surface area contributed by atoms with Crippen molar-refractivity contribution in [1.29, 1.82) is 0 Å². The molecule has 0 bridgehead atoms. The maximum Gasteiger partial charge on any atom is 0.180 e. The number of allylic oxidation sites excluding steroid dienone is 1. The third-order valence-electron chi connectivity index (χ3n) is 5.63. The van der Waals surface area contributed by atoms with E-state index in [9.17, 15) is 4.79 Å². The fourth-order valence-corrected chi connectivity index (χ4v) is 3.98. The van der Waals surface area contributed by atoms with Gasteiger partial charge >= 0.3 is 0 Å². The number of Topliss-reactive ketones (excluding diaryl/α,β-unsaturated/α-hetero) is 1. The molecule has 2 aromatic carbocycles. The van der Waals surface area contributed by atoms with Gasteiger partial charge in [0.1, 0.15) is 11.5 Å². The van der Waals surface area contributed by atoms with Gasteiger partial charge in [-0.2, -0.15) is 0 Å². The van der Waals surface area contributed by atoms with Gasteiger partial charge < -0.3 is 5.32 Å². The summed E-state index contributed by atoms with van der Waals surface area (Å²) in [5, 5.41) is 4.38. The Morgan fingerprint density at radius 2 is 1.88 bits per heavy atom. The molecule has 3 heterocycles. The van der Waals surface area contributed by atoms with Gasteiger partial charge in [0.25, 0.3) is 0 Å². The first kappa shape index (κ1) is 21.7. The van der Waals surface area contributed by atoms with Gasteiger partial charge in [-0.05, 0) is 41.8 Å². The Bertz CT molecular complexity index is 1340. The minimum Gasteiger partial charge on any atom is -0.364 e. The van der Waals surface area contributed by atoms with Gasteiger partial charge in [-0.1, -0.05) is 55.5 Å². The van der Waals surface area contributed by atoms with Crippen molar-refractivity contribution in [3.63, 3.8) is 0 Å². The van der Waals surface area contributed by atoms with Crippen LogP contribution in [0.15, 0.2) is 84.7 Å². The molecule has 0 aliphatic carbocycles. The normalized spacial score (nSPS) is 15.1. The molecule has 1 aliphatic rings. The van der Waals surface area contributed by atoms with Crippen LogP contribution in [0.25, 0.3) is 22.0 Å². The monoisotopic (exact) mass is 451 g/mol. The molecule has 7 nitrogen and oxygen atoms in total. The zero-order valence-electron chi connectivity index (χ0n) is 18.9. The van der Waals surface area contributed by atoms with E-state index in [1.807, 2.05) is 55.5 Å². The van der Waals surface area contributed by atoms with Crippen molar-refractivity contribution in [1.82, 2.24) is 20.4 Å². The average molecular weight is 452 g/mol. The largest absolute Gasteiger partial charge is 0.364 e. The Kier molecular flexibility index (Phi) is 6.27. The van der Waals surface area contributed by atoms with Crippen LogP contribution in [0.5, 0.6) is 0 Å². The van der Waals surface area contributed by atoms with Crippen molar-refractivity contribution in [3.05, 3.63) is 96.2 Å². The quantitative estimate of drug-likeness (QED) is 0.384. The standard InChI is InChI=1S/C27H25N5O2/c1-2-9-23(33)22-16-24(34-32-22)26-30-21-14-8-13-20(18-10-4-3-5-11-18)25(21)27(31-26)29-17-19-12-6-7-15-28-19/h3-8,10-16,24,32H,2,9,17H2,1H3,(H,29,30,31). The number of nitrogens with one attached hydrogen (secondary N) is 2. The number of anilines is 1. The van der Waals surface area contributed by atoms with Crippen LogP contribution in [-0.2, 0) is 16.2 Å². The highest BCUT2D eigenvalue weighted by molar-refractivity contribution is 6.02. The first-order valence-electron chi connectivity index (χ1n) is 11.4. The van der Waals surface area contributed by atoms with Gasteiger partial charge in [-0.15, -0.1) is 0 Å². The molecule has 5 rings (SSSR count). The highest BCUT2D eigenvalue weighted by atomic mass is 16.7. The van der Waals surface area contributed by atoms with E-state index in [0.29, 0.717) is 30.3 Å². The third-order valence-corrected chi connectivity index (χ3v) is 5.63. The summed E-state index contributed by atoms with van der Waals surface area (Å²) >= 11 is 0. The van der Waals surface area contributed by atoms with Crippen molar-refractivity contribution >= 4 is 22.5 Å². The molecule has 1 unspecified atom stereocenters. The summed E-state index contributed by atoms with van der Waals surface area (Å²) < 4.78 is 0. The lowest BCUT2D eigenvalue weighted by Crippen LogP contribution is -2.16. The zero-order valence-corrected chi connectivity index (χ0v) is 18.9. The number of pyridine rings is 1. The molecule has 2 aromatic heterocycles. The number of hydroxylamine groups is 1. The molecule has 7 heteroatoms. The van der Waals surface area contributed by atoms with E-state index in [1.165, 1.54) is 0 Å². The summed E-state index contributed by atoms with van der Waals surface area (Å²) in [6, 6.07) is 22.0. The number of carbonyl (C=O) groups excluding carboxylic acids is 1. The van der Waals surface area contributed by atoms with E-state index in [0.717, 1.165) is 34.1 Å². The second kappa shape index (κ2) is 9.80. The van der Waals surface area contributed by atoms with E-state index >= 15 is 0 Å². The van der Waals surface area contributed by atoms with Gasteiger partial charge in [0.05, 0.1) is 23.1 Å². The molecular formula is C27H25N5O2. The molecule has 0 amide bonds. The predicted octanol–water partition coefficient (Wildman–Crippen LogP) is 5.13. The van der Waals surface area contributed by atoms with Crippen LogP contribution in [0.3, 0.4) is 0 Å². The van der Waals surface area contributed by atoms with E-state index in [-0.39, 0.29) is 5.78 Å². The molecule has 0 radical (unpaired) electrons. The molecule has 0 spiro atoms. The molecule has 34 heavy (non-hydrogen) atoms. The summed E-state index contributed by atoms with van der Waals surface area (Å²) in [5.74, 6) is 1.19. The maximum absolute atomic E-state index is 12.3. The minimum atomic E-state index is -0.559. The average Bonchev–Trinajstić information content (AvgIpc) is 3.39. The van der Waals surface area contributed by atoms with E-state index in [2.05, 4.69) is 34.0 Å². The smallest absolute Gasteiger partial charge is 0.180 e. The number of carbonyl (C=O) groups is 1. The Morgan fingerprint density at radius 1 is 1.03 bits per heavy atom. The minimum absolute atomic E-state index is 0.0191. The Balaban J connectivity index is 1.58. The highest BCUT2D eigenvalue weighted by Crippen LogP contribution is 2.34. The summed E-state index contributed by atoms with van der Waals surface area (Å²) in [6.45, 7) is 2.48. The van der Waals surface area contributed by atoms with Gasteiger partial charge in [-0.25, -0.2) is 9.97 Å². The number of hydrogen-bond acceptors (Lipinski definition) is 7. The highest BCUT2D eigenvalue weighted by Gasteiger charge is 2.26. The first-order chi connectivity index (χ1) is 16.7. The van der Waals surface area contributed by atoms with Crippen LogP contribution in [0.2, 0.25) is 0 Å². The van der Waals surface area contributed by atoms with E-state index in [1.54, 1.807) is 12.3 Å². The van der Waals surface area contributed by atoms with Gasteiger partial charge in [0.2, 0.25) is 0 Å². The summed E-state index contributed by atoms with van der Waals surface area (Å²) in [5.41, 5.74) is 7.02. The molecule has 1 atom stereocenters. The van der Waals surface area contributed by atoms with E-state index < -0.39 is 6.10 Å². The predicted molar refractivity (Wildman–Crippen MR) is 131 cm³/mol. The van der Waals surface area contributed by atoms with Crippen LogP contribution >= 0.6 is 0 Å². The first-order valence-corrected chi connectivity index (χ1v) is 11.4. The number of aromatic nitrogens is 3. The van der Waals surface area contributed by atoms with E-state index in [4.69, 9.17) is 14.8 Å². The van der Waals surface area contributed by atoms with Gasteiger partial charge in [-0.3, -0.25) is 20.1 Å². The maximum atomic E-state index is 12.3. The number of ketones is 1. The van der Waals surface area contributed by atoms with Crippen LogP contribution in [-0.4, -0.2) is 20.7 Å². The number of nitrogens with zero attached hydrogens (tertiary/aromatic N) is 3. The van der Waals surface area contributed by atoms with Gasteiger partial charge in [0.15, 0.2) is 17.7 Å². The molecular weight excluding hydrogens is 426 g/mol. The molecule has 0 saturated carbocycles. The molecule has 0 saturated heterocycles. The summed E-state index contributed by atoms with van der Waals surface area (Å²) in [4.78, 5) is 32.0. The van der Waals surface area contributed by atoms with Crippen molar-refractivity contribution in [2.24, 2.45) is 0 Å². The summed E-state index contributed by atoms with van der Waals surface area (Å²) in [7, 11) is 0. The number of hydrogen-bond donors (Lipinski definition) is 2. The topological polar surface area (TPSA) is 89.0 Å². The molecule has 4 aromatic rings. The van der Waals surface area contributed by atoms with Crippen molar-refractivity contribution in [2.45, 2.75) is 32.4 Å². The Labute approximate surface area is 197 Å². The lowest BCUT2D eigenvalue weighted by atomic mass is 10.0.